The van der Waals surface area contributed by atoms with E-state index in [1.54, 1.807) is 0 Å². The molecule has 6 unspecified atom stereocenters. The molecule has 2 N–H and O–H groups in total. The van der Waals surface area contributed by atoms with E-state index in [0.717, 1.165) is 44.9 Å². The maximum atomic E-state index is 15.6. The van der Waals surface area contributed by atoms with Crippen molar-refractivity contribution in [2.24, 2.45) is 23.2 Å². The number of fused-ring (bicyclic) bond motifs is 4. The third kappa shape index (κ3) is 2.11. The molecule has 3 heteroatoms. The lowest BCUT2D eigenvalue weighted by Crippen LogP contribution is -2.54. The second-order valence-electron chi connectivity index (χ2n) is 9.24. The first kappa shape index (κ1) is 15.4. The predicted octanol–water partition coefficient (Wildman–Crippen LogP) is 3.99. The summed E-state index contributed by atoms with van der Waals surface area (Å²) in [6.07, 6.45) is 9.12. The summed E-state index contributed by atoms with van der Waals surface area (Å²) in [5, 5.41) is 21.6. The van der Waals surface area contributed by atoms with Gasteiger partial charge >= 0.3 is 0 Å². The minimum absolute atomic E-state index is 0.0539. The van der Waals surface area contributed by atoms with Crippen molar-refractivity contribution < 1.29 is 14.6 Å². The summed E-state index contributed by atoms with van der Waals surface area (Å²) in [5.74, 6) is 0.523. The van der Waals surface area contributed by atoms with Crippen molar-refractivity contribution >= 4 is 0 Å². The molecule has 0 amide bonds. The normalized spacial score (nSPS) is 58.4. The van der Waals surface area contributed by atoms with Crippen molar-refractivity contribution in [3.05, 3.63) is 0 Å². The summed E-state index contributed by atoms with van der Waals surface area (Å²) in [6.45, 7) is 2.35. The lowest BCUT2D eigenvalue weighted by atomic mass is 9.56. The van der Waals surface area contributed by atoms with E-state index in [1.165, 1.54) is 12.8 Å². The quantitative estimate of drug-likeness (QED) is 0.710. The Kier molecular flexibility index (Phi) is 3.44. The van der Waals surface area contributed by atoms with Crippen LogP contribution in [-0.2, 0) is 0 Å². The number of hydrogen-bond acceptors (Lipinski definition) is 2. The Bertz CT molecular complexity index is 455. The first-order valence-corrected chi connectivity index (χ1v) is 9.45. The molecule has 0 aromatic heterocycles. The van der Waals surface area contributed by atoms with E-state index < -0.39 is 17.4 Å². The summed E-state index contributed by atoms with van der Waals surface area (Å²) in [5.41, 5.74) is -1.60. The van der Waals surface area contributed by atoms with Crippen molar-refractivity contribution in [3.63, 3.8) is 0 Å². The van der Waals surface area contributed by atoms with Gasteiger partial charge in [0.25, 0.3) is 0 Å². The monoisotopic (exact) mass is 310 g/mol. The summed E-state index contributed by atoms with van der Waals surface area (Å²) in [4.78, 5) is 0. The van der Waals surface area contributed by atoms with Gasteiger partial charge in [-0.1, -0.05) is 13.3 Å². The third-order valence-electron chi connectivity index (χ3n) is 8.09. The molecule has 4 aliphatic rings. The summed E-state index contributed by atoms with van der Waals surface area (Å²) in [6, 6.07) is 0. The van der Waals surface area contributed by atoms with Crippen molar-refractivity contribution in [3.8, 4) is 0 Å². The Labute approximate surface area is 133 Å². The van der Waals surface area contributed by atoms with E-state index in [2.05, 4.69) is 6.92 Å². The molecule has 4 rings (SSSR count). The van der Waals surface area contributed by atoms with Crippen LogP contribution >= 0.6 is 0 Å². The molecule has 7 atom stereocenters. The van der Waals surface area contributed by atoms with Gasteiger partial charge in [-0.15, -0.1) is 0 Å². The van der Waals surface area contributed by atoms with Gasteiger partial charge in [-0.2, -0.15) is 0 Å². The SMILES string of the molecule is CC12CCCC1[C@@]1(O)CCC3CCC(O)CC3(F)CC1CC2. The van der Waals surface area contributed by atoms with Crippen LogP contribution in [0.2, 0.25) is 0 Å². The van der Waals surface area contributed by atoms with Gasteiger partial charge in [0.1, 0.15) is 5.67 Å². The Morgan fingerprint density at radius 2 is 1.68 bits per heavy atom. The van der Waals surface area contributed by atoms with Gasteiger partial charge < -0.3 is 10.2 Å². The fraction of sp³-hybridized carbons (Fsp3) is 1.00. The highest BCUT2D eigenvalue weighted by atomic mass is 19.1. The molecule has 2 nitrogen and oxygen atoms in total. The smallest absolute Gasteiger partial charge is 0.116 e. The molecule has 0 aromatic carbocycles. The lowest BCUT2D eigenvalue weighted by Gasteiger charge is -2.52. The average Bonchev–Trinajstić information content (AvgIpc) is 2.80. The van der Waals surface area contributed by atoms with E-state index >= 15 is 4.39 Å². The molecule has 0 spiro atoms. The van der Waals surface area contributed by atoms with E-state index in [0.29, 0.717) is 18.8 Å². The number of rotatable bonds is 0. The average molecular weight is 310 g/mol. The molecule has 126 valence electrons. The fourth-order valence-corrected chi connectivity index (χ4v) is 6.86. The van der Waals surface area contributed by atoms with Crippen LogP contribution in [0.3, 0.4) is 0 Å². The summed E-state index contributed by atoms with van der Waals surface area (Å²) in [7, 11) is 0. The van der Waals surface area contributed by atoms with Crippen LogP contribution in [0.25, 0.3) is 0 Å². The molecule has 0 bridgehead atoms. The molecule has 4 saturated carbocycles. The number of aliphatic hydroxyl groups is 2. The standard InChI is InChI=1S/C19H31FO2/c1-17-8-2-3-16(17)19(22)10-7-13-4-5-15(21)12-18(13,20)11-14(19)6-9-17/h13-16,21-22H,2-12H2,1H3/t13?,14?,15?,16?,17?,18?,19-/m1/s1. The first-order valence-electron chi connectivity index (χ1n) is 9.45. The number of hydrogen-bond donors (Lipinski definition) is 2. The molecule has 4 fully saturated rings. The van der Waals surface area contributed by atoms with Crippen LogP contribution in [0.5, 0.6) is 0 Å². The van der Waals surface area contributed by atoms with Gasteiger partial charge in [-0.05, 0) is 81.0 Å². The Morgan fingerprint density at radius 3 is 2.50 bits per heavy atom. The van der Waals surface area contributed by atoms with Gasteiger partial charge in [0.2, 0.25) is 0 Å². The second kappa shape index (κ2) is 4.92. The van der Waals surface area contributed by atoms with Crippen molar-refractivity contribution in [2.75, 3.05) is 0 Å². The molecule has 4 aliphatic carbocycles. The van der Waals surface area contributed by atoms with Crippen LogP contribution in [0, 0.1) is 23.2 Å². The molecular weight excluding hydrogens is 279 g/mol. The van der Waals surface area contributed by atoms with Crippen LogP contribution in [-0.4, -0.2) is 27.6 Å². The highest BCUT2D eigenvalue weighted by Crippen LogP contribution is 2.63. The molecule has 0 radical (unpaired) electrons. The van der Waals surface area contributed by atoms with Crippen LogP contribution in [0.15, 0.2) is 0 Å². The second-order valence-corrected chi connectivity index (χ2v) is 9.24. The van der Waals surface area contributed by atoms with Gasteiger partial charge in [-0.25, -0.2) is 4.39 Å². The molecular formula is C19H31FO2. The number of alkyl halides is 1. The highest BCUT2D eigenvalue weighted by molar-refractivity contribution is 5.11. The van der Waals surface area contributed by atoms with Gasteiger partial charge in [0.05, 0.1) is 11.7 Å². The topological polar surface area (TPSA) is 40.5 Å². The maximum absolute atomic E-state index is 15.6. The zero-order valence-corrected chi connectivity index (χ0v) is 13.9. The van der Waals surface area contributed by atoms with Crippen molar-refractivity contribution in [1.29, 1.82) is 0 Å². The summed E-state index contributed by atoms with van der Waals surface area (Å²) >= 11 is 0. The summed E-state index contributed by atoms with van der Waals surface area (Å²) < 4.78 is 15.6. The van der Waals surface area contributed by atoms with Gasteiger partial charge in [0.15, 0.2) is 0 Å². The molecule has 0 aliphatic heterocycles. The number of aliphatic hydroxyl groups excluding tert-OH is 1. The third-order valence-corrected chi connectivity index (χ3v) is 8.09. The van der Waals surface area contributed by atoms with E-state index in [1.807, 2.05) is 0 Å². The van der Waals surface area contributed by atoms with E-state index in [4.69, 9.17) is 0 Å². The van der Waals surface area contributed by atoms with Crippen LogP contribution < -0.4 is 0 Å². The zero-order chi connectivity index (χ0) is 15.6. The molecule has 0 heterocycles. The van der Waals surface area contributed by atoms with Crippen molar-refractivity contribution in [1.82, 2.24) is 0 Å². The minimum Gasteiger partial charge on any atom is -0.393 e. The largest absolute Gasteiger partial charge is 0.393 e. The lowest BCUT2D eigenvalue weighted by molar-refractivity contribution is -0.145. The molecule has 0 saturated heterocycles. The Balaban J connectivity index is 1.65. The maximum Gasteiger partial charge on any atom is 0.116 e. The highest BCUT2D eigenvalue weighted by Gasteiger charge is 2.61. The van der Waals surface area contributed by atoms with Gasteiger partial charge in [-0.3, -0.25) is 0 Å². The van der Waals surface area contributed by atoms with E-state index in [-0.39, 0.29) is 17.3 Å². The predicted molar refractivity (Wildman–Crippen MR) is 84.2 cm³/mol. The van der Waals surface area contributed by atoms with Crippen LogP contribution in [0.1, 0.15) is 77.6 Å². The fourth-order valence-electron chi connectivity index (χ4n) is 6.86. The molecule has 22 heavy (non-hydrogen) atoms. The molecule has 0 aromatic rings. The van der Waals surface area contributed by atoms with E-state index in [9.17, 15) is 10.2 Å². The Hall–Kier alpha value is -0.150. The van der Waals surface area contributed by atoms with Gasteiger partial charge in [0, 0.05) is 6.42 Å². The first-order chi connectivity index (χ1) is 10.4. The zero-order valence-electron chi connectivity index (χ0n) is 13.9. The van der Waals surface area contributed by atoms with Crippen LogP contribution in [0.4, 0.5) is 4.39 Å². The minimum atomic E-state index is -1.24. The van der Waals surface area contributed by atoms with Crippen molar-refractivity contribution in [2.45, 2.75) is 94.9 Å². The number of halogens is 1. The Morgan fingerprint density at radius 1 is 0.909 bits per heavy atom.